The molecular weight excluding hydrogens is 192 g/mol. The van der Waals surface area contributed by atoms with E-state index in [1.807, 2.05) is 12.1 Å². The maximum atomic E-state index is 10.5. The Balaban J connectivity index is 2.09. The zero-order valence-corrected chi connectivity index (χ0v) is 9.11. The molecule has 1 heterocycles. The van der Waals surface area contributed by atoms with E-state index in [0.29, 0.717) is 6.42 Å². The van der Waals surface area contributed by atoms with E-state index in [1.165, 1.54) is 0 Å². The van der Waals surface area contributed by atoms with Gasteiger partial charge in [-0.2, -0.15) is 0 Å². The quantitative estimate of drug-likeness (QED) is 0.831. The molecule has 0 saturated heterocycles. The van der Waals surface area contributed by atoms with Gasteiger partial charge < -0.3 is 14.3 Å². The molecule has 1 aliphatic rings. The highest BCUT2D eigenvalue weighted by Crippen LogP contribution is 2.33. The highest BCUT2D eigenvalue weighted by Gasteiger charge is 2.39. The minimum atomic E-state index is -0.745. The molecule has 2 rings (SSSR count). The molecule has 84 valence electrons. The summed E-state index contributed by atoms with van der Waals surface area (Å²) in [6.45, 7) is 0. The highest BCUT2D eigenvalue weighted by molar-refractivity contribution is 5.06. The predicted molar refractivity (Wildman–Crippen MR) is 56.6 cm³/mol. The van der Waals surface area contributed by atoms with E-state index in [9.17, 15) is 5.11 Å². The molecule has 1 aliphatic carbocycles. The molecular formula is C12H18O3. The smallest absolute Gasteiger partial charge is 0.106 e. The van der Waals surface area contributed by atoms with Crippen LogP contribution in [0.25, 0.3) is 0 Å². The molecule has 0 radical (unpaired) electrons. The first-order chi connectivity index (χ1) is 7.24. The van der Waals surface area contributed by atoms with E-state index in [-0.39, 0.29) is 6.10 Å². The first-order valence-electron chi connectivity index (χ1n) is 5.52. The summed E-state index contributed by atoms with van der Waals surface area (Å²) in [5.41, 5.74) is -0.745. The highest BCUT2D eigenvalue weighted by atomic mass is 16.5. The Morgan fingerprint density at radius 1 is 1.60 bits per heavy atom. The lowest BCUT2D eigenvalue weighted by Crippen LogP contribution is -2.47. The molecule has 0 amide bonds. The summed E-state index contributed by atoms with van der Waals surface area (Å²) >= 11 is 0. The first kappa shape index (κ1) is 10.7. The first-order valence-corrected chi connectivity index (χ1v) is 5.52. The molecule has 1 aromatic rings. The van der Waals surface area contributed by atoms with Crippen LogP contribution in [0.15, 0.2) is 22.8 Å². The fourth-order valence-corrected chi connectivity index (χ4v) is 2.44. The maximum absolute atomic E-state index is 10.5. The third-order valence-corrected chi connectivity index (χ3v) is 3.27. The lowest BCUT2D eigenvalue weighted by atomic mass is 9.79. The zero-order valence-electron chi connectivity index (χ0n) is 9.11. The lowest BCUT2D eigenvalue weighted by Gasteiger charge is -2.38. The molecule has 0 aliphatic heterocycles. The van der Waals surface area contributed by atoms with E-state index in [4.69, 9.17) is 9.15 Å². The summed E-state index contributed by atoms with van der Waals surface area (Å²) in [7, 11) is 1.67. The standard InChI is InChI=1S/C12H18O3/c1-14-11-6-2-3-7-12(11,13)9-10-5-4-8-15-10/h4-5,8,11,13H,2-3,6-7,9H2,1H3. The van der Waals surface area contributed by atoms with Crippen molar-refractivity contribution in [1.29, 1.82) is 0 Å². The Hall–Kier alpha value is -0.800. The van der Waals surface area contributed by atoms with Crippen molar-refractivity contribution in [3.05, 3.63) is 24.2 Å². The molecule has 1 aromatic heterocycles. The van der Waals surface area contributed by atoms with Gasteiger partial charge in [0.2, 0.25) is 0 Å². The lowest BCUT2D eigenvalue weighted by molar-refractivity contribution is -0.118. The van der Waals surface area contributed by atoms with E-state index in [2.05, 4.69) is 0 Å². The summed E-state index contributed by atoms with van der Waals surface area (Å²) in [6, 6.07) is 3.75. The van der Waals surface area contributed by atoms with Crippen molar-refractivity contribution in [1.82, 2.24) is 0 Å². The molecule has 15 heavy (non-hydrogen) atoms. The molecule has 1 fully saturated rings. The van der Waals surface area contributed by atoms with Gasteiger partial charge in [-0.15, -0.1) is 0 Å². The monoisotopic (exact) mass is 210 g/mol. The number of methoxy groups -OCH3 is 1. The molecule has 2 atom stereocenters. The molecule has 3 nitrogen and oxygen atoms in total. The van der Waals surface area contributed by atoms with E-state index >= 15 is 0 Å². The molecule has 3 heteroatoms. The molecule has 0 spiro atoms. The van der Waals surface area contributed by atoms with E-state index in [1.54, 1.807) is 13.4 Å². The topological polar surface area (TPSA) is 42.6 Å². The zero-order chi connectivity index (χ0) is 10.7. The van der Waals surface area contributed by atoms with Crippen molar-refractivity contribution in [3.63, 3.8) is 0 Å². The van der Waals surface area contributed by atoms with Crippen LogP contribution in [0, 0.1) is 0 Å². The van der Waals surface area contributed by atoms with Crippen LogP contribution in [0.5, 0.6) is 0 Å². The fraction of sp³-hybridized carbons (Fsp3) is 0.667. The van der Waals surface area contributed by atoms with Gasteiger partial charge in [0.1, 0.15) is 5.76 Å². The number of furan rings is 1. The second-order valence-electron chi connectivity index (χ2n) is 4.33. The average molecular weight is 210 g/mol. The molecule has 1 saturated carbocycles. The van der Waals surface area contributed by atoms with Gasteiger partial charge in [-0.3, -0.25) is 0 Å². The van der Waals surface area contributed by atoms with Crippen molar-refractivity contribution in [3.8, 4) is 0 Å². The second-order valence-corrected chi connectivity index (χ2v) is 4.33. The van der Waals surface area contributed by atoms with Crippen molar-refractivity contribution in [2.24, 2.45) is 0 Å². The van der Waals surface area contributed by atoms with Crippen LogP contribution in [0.1, 0.15) is 31.4 Å². The summed E-state index contributed by atoms with van der Waals surface area (Å²) in [5.74, 6) is 0.835. The number of hydrogen-bond donors (Lipinski definition) is 1. The van der Waals surface area contributed by atoms with Crippen molar-refractivity contribution >= 4 is 0 Å². The van der Waals surface area contributed by atoms with Crippen LogP contribution < -0.4 is 0 Å². The Morgan fingerprint density at radius 2 is 2.47 bits per heavy atom. The molecule has 0 bridgehead atoms. The van der Waals surface area contributed by atoms with Crippen molar-refractivity contribution < 1.29 is 14.3 Å². The van der Waals surface area contributed by atoms with Gasteiger partial charge in [0, 0.05) is 13.5 Å². The summed E-state index contributed by atoms with van der Waals surface area (Å²) in [5, 5.41) is 10.5. The van der Waals surface area contributed by atoms with Crippen LogP contribution in [0.3, 0.4) is 0 Å². The number of rotatable bonds is 3. The van der Waals surface area contributed by atoms with Gasteiger partial charge in [-0.05, 0) is 25.0 Å². The molecule has 2 unspecified atom stereocenters. The van der Waals surface area contributed by atoms with Crippen molar-refractivity contribution in [2.75, 3.05) is 7.11 Å². The summed E-state index contributed by atoms with van der Waals surface area (Å²) in [4.78, 5) is 0. The number of hydrogen-bond acceptors (Lipinski definition) is 3. The van der Waals surface area contributed by atoms with Gasteiger partial charge in [0.15, 0.2) is 0 Å². The Kier molecular flexibility index (Phi) is 3.12. The summed E-state index contributed by atoms with van der Waals surface area (Å²) in [6.07, 6.45) is 6.08. The number of aliphatic hydroxyl groups is 1. The average Bonchev–Trinajstić information content (AvgIpc) is 2.70. The van der Waals surface area contributed by atoms with E-state index < -0.39 is 5.60 Å². The van der Waals surface area contributed by atoms with Crippen LogP contribution in [0.2, 0.25) is 0 Å². The third kappa shape index (κ3) is 2.24. The van der Waals surface area contributed by atoms with Crippen LogP contribution in [-0.2, 0) is 11.2 Å². The minimum absolute atomic E-state index is 0.0589. The Labute approximate surface area is 90.0 Å². The summed E-state index contributed by atoms with van der Waals surface area (Å²) < 4.78 is 10.6. The Morgan fingerprint density at radius 3 is 3.13 bits per heavy atom. The Bertz CT molecular complexity index is 294. The normalized spacial score (nSPS) is 31.7. The van der Waals surface area contributed by atoms with Gasteiger partial charge in [-0.1, -0.05) is 12.8 Å². The maximum Gasteiger partial charge on any atom is 0.106 e. The van der Waals surface area contributed by atoms with Crippen LogP contribution in [0.4, 0.5) is 0 Å². The van der Waals surface area contributed by atoms with Gasteiger partial charge in [0.05, 0.1) is 18.0 Å². The largest absolute Gasteiger partial charge is 0.469 e. The molecule has 1 N–H and O–H groups in total. The van der Waals surface area contributed by atoms with Crippen molar-refractivity contribution in [2.45, 2.75) is 43.8 Å². The predicted octanol–water partition coefficient (Wildman–Crippen LogP) is 2.14. The minimum Gasteiger partial charge on any atom is -0.469 e. The third-order valence-electron chi connectivity index (χ3n) is 3.27. The van der Waals surface area contributed by atoms with Gasteiger partial charge >= 0.3 is 0 Å². The number of ether oxygens (including phenoxy) is 1. The van der Waals surface area contributed by atoms with E-state index in [0.717, 1.165) is 31.4 Å². The molecule has 0 aromatic carbocycles. The fourth-order valence-electron chi connectivity index (χ4n) is 2.44. The van der Waals surface area contributed by atoms with Gasteiger partial charge in [0.25, 0.3) is 0 Å². The SMILES string of the molecule is COC1CCCCC1(O)Cc1ccco1. The van der Waals surface area contributed by atoms with Gasteiger partial charge in [-0.25, -0.2) is 0 Å². The van der Waals surface area contributed by atoms with Crippen LogP contribution >= 0.6 is 0 Å². The second kappa shape index (κ2) is 4.37. The van der Waals surface area contributed by atoms with Crippen LogP contribution in [-0.4, -0.2) is 23.9 Å².